The number of anilines is 1. The van der Waals surface area contributed by atoms with Crippen LogP contribution in [0, 0.1) is 0 Å². The lowest BCUT2D eigenvalue weighted by molar-refractivity contribution is -0.111. The van der Waals surface area contributed by atoms with E-state index < -0.39 is 12.3 Å². The summed E-state index contributed by atoms with van der Waals surface area (Å²) in [5, 5.41) is 2.52. The van der Waals surface area contributed by atoms with E-state index in [0.29, 0.717) is 12.1 Å². The Morgan fingerprint density at radius 1 is 1.56 bits per heavy atom. The van der Waals surface area contributed by atoms with Crippen LogP contribution < -0.4 is 5.32 Å². The maximum absolute atomic E-state index is 12.5. The lowest BCUT2D eigenvalue weighted by Crippen LogP contribution is -2.09. The molecular formula is C12H13F2NO. The van der Waals surface area contributed by atoms with Gasteiger partial charge in [0.25, 0.3) is 6.43 Å². The number of amides is 1. The first-order valence-corrected chi connectivity index (χ1v) is 4.92. The molecule has 2 nitrogen and oxygen atoms in total. The van der Waals surface area contributed by atoms with Crippen LogP contribution in [0.3, 0.4) is 0 Å². The molecule has 86 valence electrons. The smallest absolute Gasteiger partial charge is 0.263 e. The van der Waals surface area contributed by atoms with E-state index in [-0.39, 0.29) is 5.56 Å². The van der Waals surface area contributed by atoms with Crippen molar-refractivity contribution in [2.45, 2.75) is 19.8 Å². The van der Waals surface area contributed by atoms with Crippen molar-refractivity contribution in [3.8, 4) is 0 Å². The molecule has 1 amide bonds. The largest absolute Gasteiger partial charge is 0.322 e. The molecule has 0 bridgehead atoms. The highest BCUT2D eigenvalue weighted by Gasteiger charge is 2.10. The summed E-state index contributed by atoms with van der Waals surface area (Å²) < 4.78 is 24.9. The molecule has 0 radical (unpaired) electrons. The molecule has 1 aromatic rings. The number of carbonyl (C=O) groups is 1. The van der Waals surface area contributed by atoms with Crippen molar-refractivity contribution in [3.63, 3.8) is 0 Å². The van der Waals surface area contributed by atoms with Gasteiger partial charge in [-0.05, 0) is 24.1 Å². The van der Waals surface area contributed by atoms with Crippen LogP contribution in [0.15, 0.2) is 30.9 Å². The molecule has 1 N–H and O–H groups in total. The molecule has 0 fully saturated rings. The highest BCUT2D eigenvalue weighted by molar-refractivity contribution is 5.99. The summed E-state index contributed by atoms with van der Waals surface area (Å²) in [5.74, 6) is -0.402. The van der Waals surface area contributed by atoms with E-state index in [1.165, 1.54) is 12.1 Å². The fourth-order valence-corrected chi connectivity index (χ4v) is 1.34. The normalized spacial score (nSPS) is 10.2. The average Bonchev–Trinajstić information content (AvgIpc) is 2.28. The van der Waals surface area contributed by atoms with Crippen LogP contribution in [-0.4, -0.2) is 5.91 Å². The molecule has 0 saturated carbocycles. The Bertz CT molecular complexity index is 402. The molecule has 1 rings (SSSR count). The zero-order chi connectivity index (χ0) is 12.1. The van der Waals surface area contributed by atoms with Gasteiger partial charge in [0, 0.05) is 11.3 Å². The number of aryl methyl sites for hydroxylation is 1. The number of alkyl halides is 2. The van der Waals surface area contributed by atoms with Crippen LogP contribution in [0.5, 0.6) is 0 Å². The Kier molecular flexibility index (Phi) is 4.17. The Balaban J connectivity index is 3.06. The summed E-state index contributed by atoms with van der Waals surface area (Å²) in [6.45, 7) is 5.20. The van der Waals surface area contributed by atoms with Crippen molar-refractivity contribution in [2.24, 2.45) is 0 Å². The average molecular weight is 225 g/mol. The molecule has 0 unspecified atom stereocenters. The monoisotopic (exact) mass is 225 g/mol. The second-order valence-electron chi connectivity index (χ2n) is 3.26. The molecule has 0 aliphatic rings. The highest BCUT2D eigenvalue weighted by Crippen LogP contribution is 2.25. The fourth-order valence-electron chi connectivity index (χ4n) is 1.34. The summed E-state index contributed by atoms with van der Waals surface area (Å²) in [6, 6.07) is 4.26. The van der Waals surface area contributed by atoms with Crippen molar-refractivity contribution < 1.29 is 13.6 Å². The van der Waals surface area contributed by atoms with Crippen LogP contribution in [0.2, 0.25) is 0 Å². The van der Waals surface area contributed by atoms with Gasteiger partial charge in [-0.1, -0.05) is 25.6 Å². The molecule has 0 aliphatic carbocycles. The molecule has 4 heteroatoms. The summed E-state index contributed by atoms with van der Waals surface area (Å²) in [5.41, 5.74) is 1.14. The third-order valence-corrected chi connectivity index (χ3v) is 2.21. The summed E-state index contributed by atoms with van der Waals surface area (Å²) >= 11 is 0. The number of carbonyl (C=O) groups excluding carboxylic acids is 1. The number of hydrogen-bond acceptors (Lipinski definition) is 1. The summed E-state index contributed by atoms with van der Waals surface area (Å²) in [6.07, 6.45) is -0.768. The number of benzene rings is 1. The maximum Gasteiger partial charge on any atom is 0.263 e. The summed E-state index contributed by atoms with van der Waals surface area (Å²) in [4.78, 5) is 11.1. The lowest BCUT2D eigenvalue weighted by atomic mass is 10.1. The SMILES string of the molecule is C=CC(=O)Nc1cc(C(F)F)ccc1CC. The zero-order valence-electron chi connectivity index (χ0n) is 8.97. The van der Waals surface area contributed by atoms with E-state index in [1.54, 1.807) is 6.07 Å². The van der Waals surface area contributed by atoms with Gasteiger partial charge in [-0.2, -0.15) is 0 Å². The Labute approximate surface area is 93.0 Å². The van der Waals surface area contributed by atoms with E-state index in [4.69, 9.17) is 0 Å². The van der Waals surface area contributed by atoms with Crippen LogP contribution in [0.1, 0.15) is 24.5 Å². The van der Waals surface area contributed by atoms with E-state index in [1.807, 2.05) is 6.92 Å². The molecular weight excluding hydrogens is 212 g/mol. The van der Waals surface area contributed by atoms with Gasteiger partial charge >= 0.3 is 0 Å². The van der Waals surface area contributed by atoms with E-state index in [9.17, 15) is 13.6 Å². The first kappa shape index (κ1) is 12.4. The molecule has 0 spiro atoms. The topological polar surface area (TPSA) is 29.1 Å². The highest BCUT2D eigenvalue weighted by atomic mass is 19.3. The first-order valence-electron chi connectivity index (χ1n) is 4.92. The van der Waals surface area contributed by atoms with Crippen molar-refractivity contribution >= 4 is 11.6 Å². The van der Waals surface area contributed by atoms with Gasteiger partial charge in [-0.3, -0.25) is 4.79 Å². The van der Waals surface area contributed by atoms with Crippen LogP contribution in [-0.2, 0) is 11.2 Å². The van der Waals surface area contributed by atoms with E-state index in [2.05, 4.69) is 11.9 Å². The zero-order valence-corrected chi connectivity index (χ0v) is 8.97. The van der Waals surface area contributed by atoms with Crippen molar-refractivity contribution in [1.82, 2.24) is 0 Å². The number of hydrogen-bond donors (Lipinski definition) is 1. The van der Waals surface area contributed by atoms with Gasteiger partial charge in [-0.15, -0.1) is 0 Å². The number of rotatable bonds is 4. The van der Waals surface area contributed by atoms with Crippen molar-refractivity contribution in [1.29, 1.82) is 0 Å². The van der Waals surface area contributed by atoms with Gasteiger partial charge in [0.15, 0.2) is 0 Å². The minimum atomic E-state index is -2.54. The van der Waals surface area contributed by atoms with Crippen molar-refractivity contribution in [2.75, 3.05) is 5.32 Å². The third kappa shape index (κ3) is 2.89. The molecule has 0 aromatic heterocycles. The molecule has 0 aliphatic heterocycles. The minimum absolute atomic E-state index is 0.100. The second-order valence-corrected chi connectivity index (χ2v) is 3.26. The van der Waals surface area contributed by atoms with Gasteiger partial charge in [-0.25, -0.2) is 8.78 Å². The lowest BCUT2D eigenvalue weighted by Gasteiger charge is -2.10. The number of halogens is 2. The second kappa shape index (κ2) is 5.39. The maximum atomic E-state index is 12.5. The molecule has 0 atom stereocenters. The van der Waals surface area contributed by atoms with Crippen LogP contribution >= 0.6 is 0 Å². The predicted molar refractivity (Wildman–Crippen MR) is 59.6 cm³/mol. The Morgan fingerprint density at radius 3 is 2.75 bits per heavy atom. The van der Waals surface area contributed by atoms with E-state index in [0.717, 1.165) is 11.6 Å². The fraction of sp³-hybridized carbons (Fsp3) is 0.250. The Hall–Kier alpha value is -1.71. The predicted octanol–water partition coefficient (Wildman–Crippen LogP) is 3.31. The quantitative estimate of drug-likeness (QED) is 0.782. The van der Waals surface area contributed by atoms with Gasteiger partial charge in [0.2, 0.25) is 5.91 Å². The number of nitrogens with one attached hydrogen (secondary N) is 1. The molecule has 0 saturated heterocycles. The van der Waals surface area contributed by atoms with Crippen LogP contribution in [0.4, 0.5) is 14.5 Å². The first-order chi connectivity index (χ1) is 7.58. The minimum Gasteiger partial charge on any atom is -0.322 e. The van der Waals surface area contributed by atoms with Crippen LogP contribution in [0.25, 0.3) is 0 Å². The summed E-state index contributed by atoms with van der Waals surface area (Å²) in [7, 11) is 0. The molecule has 16 heavy (non-hydrogen) atoms. The standard InChI is InChI=1S/C12H13F2NO/c1-3-8-5-6-9(12(13)14)7-10(8)15-11(16)4-2/h4-7,12H,2-3H2,1H3,(H,15,16). The van der Waals surface area contributed by atoms with Gasteiger partial charge in [0.1, 0.15) is 0 Å². The third-order valence-electron chi connectivity index (χ3n) is 2.21. The van der Waals surface area contributed by atoms with E-state index >= 15 is 0 Å². The molecule has 1 aromatic carbocycles. The van der Waals surface area contributed by atoms with Crippen molar-refractivity contribution in [3.05, 3.63) is 42.0 Å². The molecule has 0 heterocycles. The van der Waals surface area contributed by atoms with Gasteiger partial charge in [0.05, 0.1) is 0 Å². The van der Waals surface area contributed by atoms with Gasteiger partial charge < -0.3 is 5.32 Å². The Morgan fingerprint density at radius 2 is 2.25 bits per heavy atom.